The topological polar surface area (TPSA) is 96.9 Å². The summed E-state index contributed by atoms with van der Waals surface area (Å²) in [6, 6.07) is 16.0. The van der Waals surface area contributed by atoms with Crippen LogP contribution in [0.3, 0.4) is 0 Å². The molecule has 0 aliphatic heterocycles. The molecule has 1 heterocycles. The number of carbonyl (C=O) groups excluding carboxylic acids is 1. The molecule has 0 aliphatic carbocycles. The van der Waals surface area contributed by atoms with Crippen LogP contribution in [-0.4, -0.2) is 27.1 Å². The number of hydrazone groups is 1. The molecule has 0 bridgehead atoms. The van der Waals surface area contributed by atoms with Crippen LogP contribution < -0.4 is 14.9 Å². The van der Waals surface area contributed by atoms with Crippen LogP contribution >= 0.6 is 11.3 Å². The highest BCUT2D eigenvalue weighted by molar-refractivity contribution is 7.92. The first kappa shape index (κ1) is 20.6. The summed E-state index contributed by atoms with van der Waals surface area (Å²) in [7, 11) is -2.33. The molecular weight excluding hydrogens is 410 g/mol. The van der Waals surface area contributed by atoms with Crippen LogP contribution in [0.4, 0.5) is 5.69 Å². The fourth-order valence-electron chi connectivity index (χ4n) is 2.42. The number of amides is 1. The summed E-state index contributed by atoms with van der Waals surface area (Å²) in [5.41, 5.74) is 3.69. The van der Waals surface area contributed by atoms with Crippen LogP contribution in [0.1, 0.15) is 22.2 Å². The number of hydrogen-bond donors (Lipinski definition) is 2. The molecule has 0 saturated heterocycles. The highest BCUT2D eigenvalue weighted by Crippen LogP contribution is 2.20. The first-order chi connectivity index (χ1) is 13.9. The maximum atomic E-state index is 12.7. The standard InChI is InChI=1S/C20H19N3O4S2/c1-14(19-7-4-12-28-19)21-22-20(24)15-5-3-6-18(13-15)29(25,26)23-16-8-10-17(27-2)11-9-16/h3-13,23H,1-2H3,(H,22,24)/b21-14+. The van der Waals surface area contributed by atoms with Gasteiger partial charge in [0.2, 0.25) is 0 Å². The third-order valence-electron chi connectivity index (χ3n) is 3.95. The van der Waals surface area contributed by atoms with Crippen molar-refractivity contribution < 1.29 is 17.9 Å². The first-order valence-electron chi connectivity index (χ1n) is 8.54. The lowest BCUT2D eigenvalue weighted by molar-refractivity contribution is 0.0954. The van der Waals surface area contributed by atoms with E-state index in [0.717, 1.165) is 4.88 Å². The van der Waals surface area contributed by atoms with Crippen LogP contribution in [-0.2, 0) is 10.0 Å². The van der Waals surface area contributed by atoms with Crippen LogP contribution in [0.25, 0.3) is 0 Å². The van der Waals surface area contributed by atoms with Crippen molar-refractivity contribution in [1.82, 2.24) is 5.43 Å². The first-order valence-corrected chi connectivity index (χ1v) is 10.9. The molecule has 150 valence electrons. The Morgan fingerprint density at radius 3 is 2.48 bits per heavy atom. The molecule has 9 heteroatoms. The molecule has 1 amide bonds. The zero-order valence-electron chi connectivity index (χ0n) is 15.7. The van der Waals surface area contributed by atoms with Crippen molar-refractivity contribution in [3.8, 4) is 5.75 Å². The number of ether oxygens (including phenoxy) is 1. The Labute approximate surface area is 173 Å². The summed E-state index contributed by atoms with van der Waals surface area (Å²) in [4.78, 5) is 13.3. The predicted octanol–water partition coefficient (Wildman–Crippen LogP) is 3.71. The maximum absolute atomic E-state index is 12.7. The molecule has 1 aromatic heterocycles. The Morgan fingerprint density at radius 1 is 1.07 bits per heavy atom. The van der Waals surface area contributed by atoms with E-state index in [2.05, 4.69) is 15.2 Å². The maximum Gasteiger partial charge on any atom is 0.271 e. The van der Waals surface area contributed by atoms with Crippen molar-refractivity contribution in [2.75, 3.05) is 11.8 Å². The Morgan fingerprint density at radius 2 is 1.83 bits per heavy atom. The minimum Gasteiger partial charge on any atom is -0.497 e. The van der Waals surface area contributed by atoms with E-state index in [1.807, 2.05) is 17.5 Å². The van der Waals surface area contributed by atoms with E-state index in [0.29, 0.717) is 17.1 Å². The molecule has 2 N–H and O–H groups in total. The Kier molecular flexibility index (Phi) is 6.30. The van der Waals surface area contributed by atoms with E-state index < -0.39 is 15.9 Å². The van der Waals surface area contributed by atoms with E-state index in [-0.39, 0.29) is 10.5 Å². The number of benzene rings is 2. The Bertz CT molecular complexity index is 1120. The quantitative estimate of drug-likeness (QED) is 0.442. The minimum absolute atomic E-state index is 0.0278. The van der Waals surface area contributed by atoms with Gasteiger partial charge in [0, 0.05) is 16.1 Å². The molecule has 2 aromatic carbocycles. The predicted molar refractivity (Wildman–Crippen MR) is 114 cm³/mol. The van der Waals surface area contributed by atoms with Gasteiger partial charge in [0.15, 0.2) is 0 Å². The molecule has 0 radical (unpaired) electrons. The van der Waals surface area contributed by atoms with Crippen molar-refractivity contribution in [1.29, 1.82) is 0 Å². The fourth-order valence-corrected chi connectivity index (χ4v) is 4.20. The van der Waals surface area contributed by atoms with Gasteiger partial charge in [-0.2, -0.15) is 5.10 Å². The second-order valence-corrected chi connectivity index (χ2v) is 8.61. The zero-order valence-corrected chi connectivity index (χ0v) is 17.4. The molecular formula is C20H19N3O4S2. The summed E-state index contributed by atoms with van der Waals surface area (Å²) in [6.07, 6.45) is 0. The van der Waals surface area contributed by atoms with Crippen molar-refractivity contribution in [3.63, 3.8) is 0 Å². The number of anilines is 1. The highest BCUT2D eigenvalue weighted by atomic mass is 32.2. The third kappa shape index (κ3) is 5.21. The monoisotopic (exact) mass is 429 g/mol. The van der Waals surface area contributed by atoms with Gasteiger partial charge in [0.1, 0.15) is 5.75 Å². The van der Waals surface area contributed by atoms with Crippen LogP contribution in [0.5, 0.6) is 5.75 Å². The van der Waals surface area contributed by atoms with Gasteiger partial charge in [0.25, 0.3) is 15.9 Å². The van der Waals surface area contributed by atoms with Gasteiger partial charge < -0.3 is 4.74 Å². The minimum atomic E-state index is -3.86. The average molecular weight is 430 g/mol. The SMILES string of the molecule is COc1ccc(NS(=O)(=O)c2cccc(C(=O)N/N=C(\C)c3cccs3)c2)cc1. The smallest absolute Gasteiger partial charge is 0.271 e. The number of nitrogens with zero attached hydrogens (tertiary/aromatic N) is 1. The van der Waals surface area contributed by atoms with Gasteiger partial charge in [-0.05, 0) is 60.8 Å². The van der Waals surface area contributed by atoms with E-state index in [1.54, 1.807) is 31.2 Å². The summed E-state index contributed by atoms with van der Waals surface area (Å²) < 4.78 is 32.8. The highest BCUT2D eigenvalue weighted by Gasteiger charge is 2.16. The molecule has 3 aromatic rings. The third-order valence-corrected chi connectivity index (χ3v) is 6.31. The number of rotatable bonds is 7. The molecule has 0 unspecified atom stereocenters. The lowest BCUT2D eigenvalue weighted by atomic mass is 10.2. The van der Waals surface area contributed by atoms with E-state index >= 15 is 0 Å². The molecule has 0 saturated carbocycles. The molecule has 29 heavy (non-hydrogen) atoms. The zero-order chi connectivity index (χ0) is 20.9. The second kappa shape index (κ2) is 8.89. The number of thiophene rings is 1. The molecule has 0 fully saturated rings. The van der Waals surface area contributed by atoms with E-state index in [1.165, 1.54) is 42.7 Å². The van der Waals surface area contributed by atoms with Crippen LogP contribution in [0.2, 0.25) is 0 Å². The van der Waals surface area contributed by atoms with Crippen molar-refractivity contribution in [2.24, 2.45) is 5.10 Å². The van der Waals surface area contributed by atoms with Gasteiger partial charge in [-0.3, -0.25) is 9.52 Å². The largest absolute Gasteiger partial charge is 0.497 e. The average Bonchev–Trinajstić information content (AvgIpc) is 3.27. The number of methoxy groups -OCH3 is 1. The van der Waals surface area contributed by atoms with Gasteiger partial charge in [-0.15, -0.1) is 11.3 Å². The number of sulfonamides is 1. The molecule has 0 atom stereocenters. The fraction of sp³-hybridized carbons (Fsp3) is 0.100. The number of hydrogen-bond acceptors (Lipinski definition) is 6. The van der Waals surface area contributed by atoms with Gasteiger partial charge in [-0.1, -0.05) is 12.1 Å². The molecule has 3 rings (SSSR count). The Hall–Kier alpha value is -3.17. The van der Waals surface area contributed by atoms with Crippen LogP contribution in [0.15, 0.2) is 76.0 Å². The number of carbonyl (C=O) groups is 1. The lowest BCUT2D eigenvalue weighted by Crippen LogP contribution is -2.20. The molecule has 0 aliphatic rings. The molecule has 7 nitrogen and oxygen atoms in total. The summed E-state index contributed by atoms with van der Waals surface area (Å²) in [5, 5.41) is 5.99. The van der Waals surface area contributed by atoms with Crippen molar-refractivity contribution >= 4 is 38.7 Å². The summed E-state index contributed by atoms with van der Waals surface area (Å²) >= 11 is 1.51. The van der Waals surface area contributed by atoms with Crippen LogP contribution in [0, 0.1) is 0 Å². The van der Waals surface area contributed by atoms with Crippen molar-refractivity contribution in [3.05, 3.63) is 76.5 Å². The second-order valence-electron chi connectivity index (χ2n) is 5.98. The number of nitrogens with one attached hydrogen (secondary N) is 2. The van der Waals surface area contributed by atoms with Gasteiger partial charge in [0.05, 0.1) is 17.7 Å². The lowest BCUT2D eigenvalue weighted by Gasteiger charge is -2.10. The Balaban J connectivity index is 1.75. The van der Waals surface area contributed by atoms with E-state index in [9.17, 15) is 13.2 Å². The van der Waals surface area contributed by atoms with Gasteiger partial charge in [-0.25, -0.2) is 13.8 Å². The summed E-state index contributed by atoms with van der Waals surface area (Å²) in [5.74, 6) is 0.118. The van der Waals surface area contributed by atoms with Crippen molar-refractivity contribution in [2.45, 2.75) is 11.8 Å². The van der Waals surface area contributed by atoms with E-state index in [4.69, 9.17) is 4.74 Å². The normalized spacial score (nSPS) is 11.7. The van der Waals surface area contributed by atoms with Gasteiger partial charge >= 0.3 is 0 Å². The molecule has 0 spiro atoms. The summed E-state index contributed by atoms with van der Waals surface area (Å²) in [6.45, 7) is 1.78.